The third-order valence-corrected chi connectivity index (χ3v) is 5.88. The first-order chi connectivity index (χ1) is 12.8. The van der Waals surface area contributed by atoms with Gasteiger partial charge >= 0.3 is 0 Å². The highest BCUT2D eigenvalue weighted by Crippen LogP contribution is 2.32. The number of benzene rings is 1. The van der Waals surface area contributed by atoms with E-state index in [1.54, 1.807) is 12.1 Å². The number of nitrogens with one attached hydrogen (secondary N) is 1. The van der Waals surface area contributed by atoms with E-state index < -0.39 is 5.91 Å². The van der Waals surface area contributed by atoms with Gasteiger partial charge in [-0.25, -0.2) is 4.39 Å². The van der Waals surface area contributed by atoms with E-state index in [0.717, 1.165) is 34.5 Å². The fraction of sp³-hybridized carbons (Fsp3) is 0.300. The number of hydrogen-bond acceptors (Lipinski definition) is 4. The van der Waals surface area contributed by atoms with Crippen molar-refractivity contribution in [2.24, 2.45) is 5.73 Å². The quantitative estimate of drug-likeness (QED) is 0.826. The average molecular weight is 387 g/mol. The van der Waals surface area contributed by atoms with Crippen LogP contribution in [0, 0.1) is 19.7 Å². The first kappa shape index (κ1) is 19.3. The van der Waals surface area contributed by atoms with Crippen LogP contribution in [-0.4, -0.2) is 36.3 Å². The van der Waals surface area contributed by atoms with Gasteiger partial charge in [0.15, 0.2) is 0 Å². The molecule has 3 N–H and O–H groups in total. The van der Waals surface area contributed by atoms with Gasteiger partial charge in [0, 0.05) is 18.0 Å². The molecule has 1 aromatic carbocycles. The van der Waals surface area contributed by atoms with Gasteiger partial charge in [0.25, 0.3) is 5.91 Å². The summed E-state index contributed by atoms with van der Waals surface area (Å²) in [6.45, 7) is 5.34. The molecule has 1 aromatic heterocycles. The van der Waals surface area contributed by atoms with Crippen LogP contribution in [0.4, 0.5) is 9.39 Å². The molecule has 0 unspecified atom stereocenters. The lowest BCUT2D eigenvalue weighted by Gasteiger charge is -2.25. The van der Waals surface area contributed by atoms with Gasteiger partial charge in [-0.05, 0) is 49.1 Å². The Morgan fingerprint density at radius 2 is 1.96 bits per heavy atom. The smallest absolute Gasteiger partial charge is 0.251 e. The van der Waals surface area contributed by atoms with Crippen molar-refractivity contribution < 1.29 is 14.0 Å². The zero-order chi connectivity index (χ0) is 19.6. The van der Waals surface area contributed by atoms with Crippen LogP contribution in [0.1, 0.15) is 32.8 Å². The van der Waals surface area contributed by atoms with Crippen molar-refractivity contribution in [3.63, 3.8) is 0 Å². The van der Waals surface area contributed by atoms with E-state index in [9.17, 15) is 14.0 Å². The highest BCUT2D eigenvalue weighted by Gasteiger charge is 2.21. The van der Waals surface area contributed by atoms with Crippen LogP contribution in [0.2, 0.25) is 0 Å². The highest BCUT2D eigenvalue weighted by atomic mass is 32.1. The summed E-state index contributed by atoms with van der Waals surface area (Å²) in [6, 6.07) is 6.46. The van der Waals surface area contributed by atoms with Crippen LogP contribution >= 0.6 is 11.3 Å². The van der Waals surface area contributed by atoms with E-state index in [4.69, 9.17) is 5.73 Å². The maximum Gasteiger partial charge on any atom is 0.251 e. The Morgan fingerprint density at radius 3 is 2.56 bits per heavy atom. The van der Waals surface area contributed by atoms with Crippen LogP contribution in [0.15, 0.2) is 30.3 Å². The van der Waals surface area contributed by atoms with Crippen molar-refractivity contribution >= 4 is 33.7 Å². The first-order valence-electron chi connectivity index (χ1n) is 8.72. The molecule has 0 fully saturated rings. The van der Waals surface area contributed by atoms with Crippen molar-refractivity contribution in [2.45, 2.75) is 20.3 Å². The Balaban J connectivity index is 1.61. The largest absolute Gasteiger partial charge is 0.365 e. The molecule has 0 radical (unpaired) electrons. The van der Waals surface area contributed by atoms with E-state index in [0.29, 0.717) is 17.1 Å². The lowest BCUT2D eigenvalue weighted by atomic mass is 9.99. The number of carbonyl (C=O) groups is 2. The SMILES string of the molecule is Cc1sc(NC(=O)CN2CC=C(c3ccc(F)cc3)CC2)c(C(N)=O)c1C. The molecule has 3 rings (SSSR count). The highest BCUT2D eigenvalue weighted by molar-refractivity contribution is 7.16. The second-order valence-corrected chi connectivity index (χ2v) is 7.85. The Hall–Kier alpha value is -2.51. The minimum absolute atomic E-state index is 0.169. The molecule has 0 aliphatic carbocycles. The van der Waals surface area contributed by atoms with Gasteiger partial charge in [0.05, 0.1) is 12.1 Å². The predicted molar refractivity (Wildman–Crippen MR) is 106 cm³/mol. The number of anilines is 1. The Bertz CT molecular complexity index is 903. The summed E-state index contributed by atoms with van der Waals surface area (Å²) in [5, 5.41) is 3.34. The second kappa shape index (κ2) is 8.02. The number of primary amides is 1. The van der Waals surface area contributed by atoms with Gasteiger partial charge in [-0.1, -0.05) is 18.2 Å². The van der Waals surface area contributed by atoms with Gasteiger partial charge in [0.1, 0.15) is 10.8 Å². The predicted octanol–water partition coefficient (Wildman–Crippen LogP) is 3.33. The molecule has 2 aromatic rings. The van der Waals surface area contributed by atoms with E-state index in [1.165, 1.54) is 23.5 Å². The standard InChI is InChI=1S/C20H22FN3O2S/c1-12-13(2)27-20(18(12)19(22)26)23-17(25)11-24-9-7-15(8-10-24)14-3-5-16(21)6-4-14/h3-7H,8-11H2,1-2H3,(H2,22,26)(H,23,25). The molecule has 1 aliphatic rings. The first-order valence-corrected chi connectivity index (χ1v) is 9.53. The summed E-state index contributed by atoms with van der Waals surface area (Å²) in [5.41, 5.74) is 8.82. The summed E-state index contributed by atoms with van der Waals surface area (Å²) in [4.78, 5) is 27.0. The van der Waals surface area contributed by atoms with Gasteiger partial charge in [-0.15, -0.1) is 11.3 Å². The Morgan fingerprint density at radius 1 is 1.26 bits per heavy atom. The number of nitrogens with two attached hydrogens (primary N) is 1. The molecule has 0 saturated heterocycles. The third kappa shape index (κ3) is 4.43. The summed E-state index contributed by atoms with van der Waals surface area (Å²) in [6.07, 6.45) is 2.86. The van der Waals surface area contributed by atoms with E-state index >= 15 is 0 Å². The summed E-state index contributed by atoms with van der Waals surface area (Å²) >= 11 is 1.36. The zero-order valence-corrected chi connectivity index (χ0v) is 16.2. The molecule has 1 aliphatic heterocycles. The number of amides is 2. The number of rotatable bonds is 5. The molecule has 2 amide bonds. The molecule has 0 atom stereocenters. The summed E-state index contributed by atoms with van der Waals surface area (Å²) < 4.78 is 13.0. The molecule has 5 nitrogen and oxygen atoms in total. The van der Waals surface area contributed by atoms with Gasteiger partial charge in [0.2, 0.25) is 5.91 Å². The van der Waals surface area contributed by atoms with E-state index in [1.807, 2.05) is 18.7 Å². The molecular weight excluding hydrogens is 365 g/mol. The second-order valence-electron chi connectivity index (χ2n) is 6.62. The number of aryl methyl sites for hydroxylation is 1. The number of thiophene rings is 1. The van der Waals surface area contributed by atoms with Crippen molar-refractivity contribution in [2.75, 3.05) is 25.0 Å². The molecule has 27 heavy (non-hydrogen) atoms. The van der Waals surface area contributed by atoms with Crippen molar-refractivity contribution in [3.05, 3.63) is 57.7 Å². The molecule has 0 bridgehead atoms. The maximum absolute atomic E-state index is 13.0. The Labute approximate surface area is 161 Å². The van der Waals surface area contributed by atoms with Crippen LogP contribution in [0.25, 0.3) is 5.57 Å². The normalized spacial score (nSPS) is 14.7. The van der Waals surface area contributed by atoms with E-state index in [-0.39, 0.29) is 18.3 Å². The topological polar surface area (TPSA) is 75.4 Å². The number of halogens is 1. The van der Waals surface area contributed by atoms with Crippen LogP contribution in [0.3, 0.4) is 0 Å². The van der Waals surface area contributed by atoms with Crippen molar-refractivity contribution in [3.8, 4) is 0 Å². The van der Waals surface area contributed by atoms with Crippen LogP contribution in [0.5, 0.6) is 0 Å². The van der Waals surface area contributed by atoms with Crippen LogP contribution < -0.4 is 11.1 Å². The lowest BCUT2D eigenvalue weighted by molar-refractivity contribution is -0.117. The molecule has 0 saturated carbocycles. The third-order valence-electron chi connectivity index (χ3n) is 4.76. The summed E-state index contributed by atoms with van der Waals surface area (Å²) in [5.74, 6) is -0.947. The minimum atomic E-state index is -0.531. The number of nitrogens with zero attached hydrogens (tertiary/aromatic N) is 1. The average Bonchev–Trinajstić information content (AvgIpc) is 2.90. The molecule has 142 valence electrons. The molecule has 2 heterocycles. The monoisotopic (exact) mass is 387 g/mol. The lowest BCUT2D eigenvalue weighted by Crippen LogP contribution is -2.36. The van der Waals surface area contributed by atoms with Gasteiger partial charge < -0.3 is 11.1 Å². The zero-order valence-electron chi connectivity index (χ0n) is 15.3. The summed E-state index contributed by atoms with van der Waals surface area (Å²) in [7, 11) is 0. The number of hydrogen-bond donors (Lipinski definition) is 2. The van der Waals surface area contributed by atoms with Crippen molar-refractivity contribution in [1.29, 1.82) is 0 Å². The van der Waals surface area contributed by atoms with Gasteiger partial charge in [-0.2, -0.15) is 0 Å². The van der Waals surface area contributed by atoms with Crippen LogP contribution in [-0.2, 0) is 4.79 Å². The number of carbonyl (C=O) groups excluding carboxylic acids is 2. The minimum Gasteiger partial charge on any atom is -0.365 e. The molecule has 7 heteroatoms. The molecular formula is C20H22FN3O2S. The van der Waals surface area contributed by atoms with Crippen molar-refractivity contribution in [1.82, 2.24) is 4.90 Å². The molecule has 0 spiro atoms. The fourth-order valence-corrected chi connectivity index (χ4v) is 4.24. The fourth-order valence-electron chi connectivity index (χ4n) is 3.16. The maximum atomic E-state index is 13.0. The van der Waals surface area contributed by atoms with Gasteiger partial charge in [-0.3, -0.25) is 14.5 Å². The van der Waals surface area contributed by atoms with E-state index in [2.05, 4.69) is 11.4 Å². The Kier molecular flexibility index (Phi) is 5.72.